The van der Waals surface area contributed by atoms with Gasteiger partial charge in [-0.05, 0) is 24.3 Å². The smallest absolute Gasteiger partial charge is 0.237 e. The summed E-state index contributed by atoms with van der Waals surface area (Å²) >= 11 is 23.7. The van der Waals surface area contributed by atoms with Crippen molar-refractivity contribution in [3.8, 4) is 0 Å². The van der Waals surface area contributed by atoms with Crippen molar-refractivity contribution in [1.82, 2.24) is 0 Å². The zero-order valence-electron chi connectivity index (χ0n) is 10.4. The van der Waals surface area contributed by atoms with Crippen LogP contribution in [0.2, 0.25) is 20.1 Å². The Morgan fingerprint density at radius 2 is 1.38 bits per heavy atom. The van der Waals surface area contributed by atoms with Crippen molar-refractivity contribution in [3.63, 3.8) is 0 Å². The lowest BCUT2D eigenvalue weighted by Crippen LogP contribution is -2.16. The number of anilines is 1. The monoisotopic (exact) mass is 383 g/mol. The zero-order valence-corrected chi connectivity index (χ0v) is 14.2. The summed E-state index contributed by atoms with van der Waals surface area (Å²) in [6.07, 6.45) is 0. The quantitative estimate of drug-likeness (QED) is 0.783. The Labute approximate surface area is 142 Å². The molecule has 8 heteroatoms. The summed E-state index contributed by atoms with van der Waals surface area (Å²) in [6, 6.07) is 9.46. The molecule has 0 bridgehead atoms. The van der Waals surface area contributed by atoms with Gasteiger partial charge in [-0.25, -0.2) is 8.42 Å². The number of hydrogen-bond acceptors (Lipinski definition) is 2. The molecule has 21 heavy (non-hydrogen) atoms. The molecule has 0 amide bonds. The summed E-state index contributed by atoms with van der Waals surface area (Å²) < 4.78 is 26.8. The van der Waals surface area contributed by atoms with E-state index in [2.05, 4.69) is 4.72 Å². The SMILES string of the molecule is O=S(=O)(Cc1c(Cl)cccc1Cl)Nc1cccc(Cl)c1Cl. The number of rotatable bonds is 4. The van der Waals surface area contributed by atoms with Crippen molar-refractivity contribution in [1.29, 1.82) is 0 Å². The van der Waals surface area contributed by atoms with Crippen LogP contribution in [0.1, 0.15) is 5.56 Å². The maximum atomic E-state index is 12.2. The number of hydrogen-bond donors (Lipinski definition) is 1. The molecule has 0 atom stereocenters. The van der Waals surface area contributed by atoms with Crippen molar-refractivity contribution < 1.29 is 8.42 Å². The van der Waals surface area contributed by atoms with Crippen LogP contribution in [0.25, 0.3) is 0 Å². The minimum Gasteiger partial charge on any atom is -0.282 e. The molecular formula is C13H9Cl4NO2S. The Kier molecular flexibility index (Phi) is 5.28. The molecule has 0 aliphatic heterocycles. The average molecular weight is 385 g/mol. The minimum atomic E-state index is -3.73. The van der Waals surface area contributed by atoms with E-state index in [0.717, 1.165) is 0 Å². The molecule has 0 fully saturated rings. The second-order valence-electron chi connectivity index (χ2n) is 4.16. The molecule has 3 nitrogen and oxygen atoms in total. The third-order valence-electron chi connectivity index (χ3n) is 2.61. The minimum absolute atomic E-state index is 0.132. The predicted molar refractivity (Wildman–Crippen MR) is 89.2 cm³/mol. The maximum Gasteiger partial charge on any atom is 0.237 e. The molecule has 112 valence electrons. The van der Waals surface area contributed by atoms with Gasteiger partial charge in [0.05, 0.1) is 21.5 Å². The Balaban J connectivity index is 2.29. The summed E-state index contributed by atoms with van der Waals surface area (Å²) in [5.41, 5.74) is 0.527. The number of sulfonamides is 1. The van der Waals surface area contributed by atoms with Crippen LogP contribution in [0.3, 0.4) is 0 Å². The van der Waals surface area contributed by atoms with Gasteiger partial charge in [0.25, 0.3) is 0 Å². The highest BCUT2D eigenvalue weighted by Gasteiger charge is 2.18. The summed E-state index contributed by atoms with van der Waals surface area (Å²) in [5.74, 6) is -0.367. The summed E-state index contributed by atoms with van der Waals surface area (Å²) in [6.45, 7) is 0. The second kappa shape index (κ2) is 6.63. The van der Waals surface area contributed by atoms with Crippen LogP contribution >= 0.6 is 46.4 Å². The summed E-state index contributed by atoms with van der Waals surface area (Å²) in [5, 5.41) is 0.954. The highest BCUT2D eigenvalue weighted by Crippen LogP contribution is 2.31. The van der Waals surface area contributed by atoms with E-state index in [-0.39, 0.29) is 31.5 Å². The van der Waals surface area contributed by atoms with Gasteiger partial charge in [0.1, 0.15) is 0 Å². The van der Waals surface area contributed by atoms with Gasteiger partial charge < -0.3 is 0 Å². The lowest BCUT2D eigenvalue weighted by molar-refractivity contribution is 0.600. The van der Waals surface area contributed by atoms with Gasteiger partial charge >= 0.3 is 0 Å². The number of nitrogens with one attached hydrogen (secondary N) is 1. The van der Waals surface area contributed by atoms with Gasteiger partial charge in [-0.15, -0.1) is 0 Å². The van der Waals surface area contributed by atoms with E-state index in [1.165, 1.54) is 6.07 Å². The first kappa shape index (κ1) is 16.7. The van der Waals surface area contributed by atoms with E-state index in [1.54, 1.807) is 30.3 Å². The molecule has 0 saturated carbocycles. The van der Waals surface area contributed by atoms with Gasteiger partial charge in [0.2, 0.25) is 10.0 Å². The van der Waals surface area contributed by atoms with Crippen LogP contribution in [0.4, 0.5) is 5.69 Å². The van der Waals surface area contributed by atoms with Gasteiger partial charge in [-0.3, -0.25) is 4.72 Å². The van der Waals surface area contributed by atoms with Crippen LogP contribution in [0, 0.1) is 0 Å². The molecule has 0 spiro atoms. The topological polar surface area (TPSA) is 46.2 Å². The lowest BCUT2D eigenvalue weighted by atomic mass is 10.2. The third kappa shape index (κ3) is 4.18. The maximum absolute atomic E-state index is 12.2. The molecule has 0 radical (unpaired) electrons. The predicted octanol–water partition coefficient (Wildman–Crippen LogP) is 5.24. The highest BCUT2D eigenvalue weighted by atomic mass is 35.5. The fourth-order valence-electron chi connectivity index (χ4n) is 1.65. The molecule has 0 aliphatic rings. The van der Waals surface area contributed by atoms with E-state index < -0.39 is 10.0 Å². The fraction of sp³-hybridized carbons (Fsp3) is 0.0769. The Hall–Kier alpha value is -0.650. The fourth-order valence-corrected chi connectivity index (χ4v) is 4.01. The molecule has 0 unspecified atom stereocenters. The van der Waals surface area contributed by atoms with Crippen LogP contribution in [0.15, 0.2) is 36.4 Å². The molecule has 2 aromatic rings. The van der Waals surface area contributed by atoms with Crippen LogP contribution < -0.4 is 4.72 Å². The van der Waals surface area contributed by atoms with Gasteiger partial charge in [-0.1, -0.05) is 58.5 Å². The molecule has 0 aromatic heterocycles. The normalized spacial score (nSPS) is 11.4. The van der Waals surface area contributed by atoms with Crippen LogP contribution in [-0.2, 0) is 15.8 Å². The third-order valence-corrected chi connectivity index (χ3v) is 5.34. The molecule has 2 aromatic carbocycles. The first-order chi connectivity index (χ1) is 9.80. The largest absolute Gasteiger partial charge is 0.282 e. The summed E-state index contributed by atoms with van der Waals surface area (Å²) in [7, 11) is -3.73. The van der Waals surface area contributed by atoms with E-state index >= 15 is 0 Å². The van der Waals surface area contributed by atoms with E-state index in [4.69, 9.17) is 46.4 Å². The number of benzene rings is 2. The first-order valence-corrected chi connectivity index (χ1v) is 8.84. The van der Waals surface area contributed by atoms with Gasteiger partial charge in [-0.2, -0.15) is 0 Å². The van der Waals surface area contributed by atoms with E-state index in [0.29, 0.717) is 5.56 Å². The van der Waals surface area contributed by atoms with Crippen molar-refractivity contribution in [3.05, 3.63) is 62.1 Å². The summed E-state index contributed by atoms with van der Waals surface area (Å²) in [4.78, 5) is 0. The molecular weight excluding hydrogens is 376 g/mol. The van der Waals surface area contributed by atoms with Crippen LogP contribution in [0.5, 0.6) is 0 Å². The van der Waals surface area contributed by atoms with Crippen molar-refractivity contribution in [2.24, 2.45) is 0 Å². The van der Waals surface area contributed by atoms with Crippen molar-refractivity contribution in [2.45, 2.75) is 5.75 Å². The molecule has 1 N–H and O–H groups in total. The van der Waals surface area contributed by atoms with E-state index in [9.17, 15) is 8.42 Å². The number of halogens is 4. The van der Waals surface area contributed by atoms with Gasteiger partial charge in [0.15, 0.2) is 0 Å². The molecule has 0 aliphatic carbocycles. The van der Waals surface area contributed by atoms with Crippen molar-refractivity contribution >= 4 is 62.1 Å². The Morgan fingerprint density at radius 3 is 2.00 bits per heavy atom. The molecule has 2 rings (SSSR count). The molecule has 0 heterocycles. The van der Waals surface area contributed by atoms with Gasteiger partial charge in [0, 0.05) is 15.6 Å². The first-order valence-electron chi connectivity index (χ1n) is 5.67. The standard InChI is InChI=1S/C13H9Cl4NO2S/c14-9-3-1-4-10(15)8(9)7-21(19,20)18-12-6-2-5-11(16)13(12)17/h1-6,18H,7H2. The molecule has 0 saturated heterocycles. The van der Waals surface area contributed by atoms with Crippen molar-refractivity contribution in [2.75, 3.05) is 4.72 Å². The Bertz CT molecular complexity index is 757. The van der Waals surface area contributed by atoms with E-state index in [1.807, 2.05) is 0 Å². The Morgan fingerprint density at radius 1 is 0.857 bits per heavy atom. The zero-order chi connectivity index (χ0) is 15.6. The second-order valence-corrected chi connectivity index (χ2v) is 7.48. The van der Waals surface area contributed by atoms with Crippen LogP contribution in [-0.4, -0.2) is 8.42 Å². The lowest BCUT2D eigenvalue weighted by Gasteiger charge is -2.12. The highest BCUT2D eigenvalue weighted by molar-refractivity contribution is 7.91. The average Bonchev–Trinajstić information content (AvgIpc) is 2.39.